The van der Waals surface area contributed by atoms with Gasteiger partial charge < -0.3 is 14.4 Å². The molecule has 1 aliphatic rings. The lowest BCUT2D eigenvalue weighted by molar-refractivity contribution is 0.129. The summed E-state index contributed by atoms with van der Waals surface area (Å²) in [6.07, 6.45) is 4.86. The summed E-state index contributed by atoms with van der Waals surface area (Å²) in [6, 6.07) is 7.27. The molecule has 1 saturated carbocycles. The fourth-order valence-electron chi connectivity index (χ4n) is 3.36. The highest BCUT2D eigenvalue weighted by Crippen LogP contribution is 2.27. The number of carbonyl (C=O) groups excluding carboxylic acids is 1. The highest BCUT2D eigenvalue weighted by Gasteiger charge is 2.26. The normalized spacial score (nSPS) is 19.1. The molecule has 0 radical (unpaired) electrons. The molecule has 0 N–H and O–H groups in total. The second-order valence-electron chi connectivity index (χ2n) is 7.22. The Morgan fingerprint density at radius 1 is 1.11 bits per heavy atom. The second-order valence-corrected chi connectivity index (χ2v) is 7.22. The lowest BCUT2D eigenvalue weighted by Gasteiger charge is -2.32. The molecular formula is C22H32N2O3. The molecule has 148 valence electrons. The van der Waals surface area contributed by atoms with E-state index >= 15 is 0 Å². The summed E-state index contributed by atoms with van der Waals surface area (Å²) in [5.74, 6) is 8.44. The number of hydrogen-bond acceptors (Lipinski definition) is 4. The largest absolute Gasteiger partial charge is 0.497 e. The lowest BCUT2D eigenvalue weighted by Crippen LogP contribution is -2.40. The Kier molecular flexibility index (Phi) is 8.47. The van der Waals surface area contributed by atoms with E-state index < -0.39 is 0 Å². The molecule has 5 heteroatoms. The third-order valence-electron chi connectivity index (χ3n) is 5.06. The maximum absolute atomic E-state index is 12.4. The van der Waals surface area contributed by atoms with Crippen LogP contribution in [0.2, 0.25) is 0 Å². The molecule has 1 aliphatic carbocycles. The van der Waals surface area contributed by atoms with E-state index in [2.05, 4.69) is 30.7 Å². The van der Waals surface area contributed by atoms with Gasteiger partial charge in [-0.3, -0.25) is 4.90 Å². The fourth-order valence-corrected chi connectivity index (χ4v) is 3.36. The van der Waals surface area contributed by atoms with Gasteiger partial charge in [-0.2, -0.15) is 0 Å². The van der Waals surface area contributed by atoms with Crippen molar-refractivity contribution in [2.24, 2.45) is 5.92 Å². The third-order valence-corrected chi connectivity index (χ3v) is 5.06. The number of rotatable bonds is 6. The Bertz CT molecular complexity index is 640. The molecule has 0 aliphatic heterocycles. The van der Waals surface area contributed by atoms with Crippen LogP contribution in [0.4, 0.5) is 4.79 Å². The van der Waals surface area contributed by atoms with Crippen molar-refractivity contribution < 1.29 is 14.3 Å². The summed E-state index contributed by atoms with van der Waals surface area (Å²) in [6.45, 7) is 4.10. The molecule has 2 rings (SSSR count). The Labute approximate surface area is 163 Å². The quantitative estimate of drug-likeness (QED) is 0.707. The molecule has 0 spiro atoms. The van der Waals surface area contributed by atoms with Gasteiger partial charge in [-0.25, -0.2) is 4.79 Å². The second kappa shape index (κ2) is 10.8. The van der Waals surface area contributed by atoms with Crippen LogP contribution in [0.1, 0.15) is 39.0 Å². The van der Waals surface area contributed by atoms with Crippen LogP contribution in [0, 0.1) is 17.8 Å². The van der Waals surface area contributed by atoms with E-state index in [1.807, 2.05) is 7.05 Å². The molecule has 0 unspecified atom stereocenters. The first-order valence-corrected chi connectivity index (χ1v) is 9.79. The molecule has 0 atom stereocenters. The van der Waals surface area contributed by atoms with E-state index in [1.165, 1.54) is 0 Å². The zero-order valence-corrected chi connectivity index (χ0v) is 17.0. The van der Waals surface area contributed by atoms with Crippen molar-refractivity contribution in [3.63, 3.8) is 0 Å². The van der Waals surface area contributed by atoms with Crippen LogP contribution < -0.4 is 9.47 Å². The number of amides is 1. The number of ether oxygens (including phenoxy) is 2. The highest BCUT2D eigenvalue weighted by atomic mass is 16.6. The van der Waals surface area contributed by atoms with Crippen LogP contribution >= 0.6 is 0 Å². The number of benzene rings is 1. The van der Waals surface area contributed by atoms with Gasteiger partial charge in [0.05, 0.1) is 13.7 Å². The summed E-state index contributed by atoms with van der Waals surface area (Å²) < 4.78 is 10.6. The average molecular weight is 373 g/mol. The first-order valence-electron chi connectivity index (χ1n) is 9.79. The molecule has 1 amide bonds. The van der Waals surface area contributed by atoms with Crippen molar-refractivity contribution in [3.8, 4) is 23.3 Å². The Morgan fingerprint density at radius 3 is 2.33 bits per heavy atom. The van der Waals surface area contributed by atoms with E-state index in [0.29, 0.717) is 11.7 Å². The predicted octanol–water partition coefficient (Wildman–Crippen LogP) is 4.03. The van der Waals surface area contributed by atoms with Crippen molar-refractivity contribution in [1.29, 1.82) is 0 Å². The van der Waals surface area contributed by atoms with Crippen LogP contribution in [0.15, 0.2) is 24.3 Å². The van der Waals surface area contributed by atoms with Gasteiger partial charge in [0.2, 0.25) is 0 Å². The molecule has 27 heavy (non-hydrogen) atoms. The predicted molar refractivity (Wildman–Crippen MR) is 108 cm³/mol. The van der Waals surface area contributed by atoms with Crippen LogP contribution in [-0.2, 0) is 0 Å². The maximum atomic E-state index is 12.4. The van der Waals surface area contributed by atoms with Crippen LogP contribution in [0.25, 0.3) is 0 Å². The summed E-state index contributed by atoms with van der Waals surface area (Å²) in [5.41, 5.74) is 0. The summed E-state index contributed by atoms with van der Waals surface area (Å²) in [4.78, 5) is 16.4. The Balaban J connectivity index is 1.77. The van der Waals surface area contributed by atoms with Crippen LogP contribution in [0.3, 0.4) is 0 Å². The SMILES string of the molecule is CCCN(C)CC#C[C@H]1CC[C@H](N(C)C(=O)Oc2ccc(OC)cc2)CC1. The summed E-state index contributed by atoms with van der Waals surface area (Å²) in [7, 11) is 5.54. The minimum absolute atomic E-state index is 0.219. The van der Waals surface area contributed by atoms with E-state index in [0.717, 1.165) is 50.9 Å². The van der Waals surface area contributed by atoms with Gasteiger partial charge in [-0.05, 0) is 70.0 Å². The van der Waals surface area contributed by atoms with E-state index in [9.17, 15) is 4.79 Å². The van der Waals surface area contributed by atoms with Crippen LogP contribution in [-0.4, -0.2) is 56.2 Å². The van der Waals surface area contributed by atoms with Gasteiger partial charge >= 0.3 is 6.09 Å². The van der Waals surface area contributed by atoms with Crippen molar-refractivity contribution in [1.82, 2.24) is 9.80 Å². The molecule has 0 bridgehead atoms. The highest BCUT2D eigenvalue weighted by molar-refractivity contribution is 5.70. The number of methoxy groups -OCH3 is 1. The van der Waals surface area contributed by atoms with Gasteiger partial charge in [-0.15, -0.1) is 0 Å². The van der Waals surface area contributed by atoms with Gasteiger partial charge in [0, 0.05) is 19.0 Å². The minimum atomic E-state index is -0.309. The van der Waals surface area contributed by atoms with Gasteiger partial charge in [0.25, 0.3) is 0 Å². The van der Waals surface area contributed by atoms with E-state index in [4.69, 9.17) is 9.47 Å². The molecule has 1 aromatic carbocycles. The average Bonchev–Trinajstić information content (AvgIpc) is 2.68. The standard InChI is InChI=1S/C22H32N2O3/c1-5-16-23(2)17-6-7-18-8-10-19(11-9-18)24(3)22(25)27-21-14-12-20(26-4)13-15-21/h12-15,18-19H,5,8-11,16-17H2,1-4H3/t18-,19-. The zero-order valence-electron chi connectivity index (χ0n) is 17.0. The van der Waals surface area contributed by atoms with Crippen molar-refractivity contribution >= 4 is 6.09 Å². The summed E-state index contributed by atoms with van der Waals surface area (Å²) in [5, 5.41) is 0. The van der Waals surface area contributed by atoms with E-state index in [-0.39, 0.29) is 12.1 Å². The van der Waals surface area contributed by atoms with Gasteiger partial charge in [0.15, 0.2) is 0 Å². The van der Waals surface area contributed by atoms with Gasteiger partial charge in [0.1, 0.15) is 11.5 Å². The molecule has 0 heterocycles. The number of nitrogens with zero attached hydrogens (tertiary/aromatic N) is 2. The molecule has 0 aromatic heterocycles. The van der Waals surface area contributed by atoms with Crippen molar-refractivity contribution in [3.05, 3.63) is 24.3 Å². The number of carbonyl (C=O) groups is 1. The zero-order chi connectivity index (χ0) is 19.6. The molecule has 1 aromatic rings. The molecule has 5 nitrogen and oxygen atoms in total. The number of hydrogen-bond donors (Lipinski definition) is 0. The maximum Gasteiger partial charge on any atom is 0.415 e. The third kappa shape index (κ3) is 6.80. The topological polar surface area (TPSA) is 42.0 Å². The molecule has 1 fully saturated rings. The van der Waals surface area contributed by atoms with Crippen molar-refractivity contribution in [2.75, 3.05) is 34.3 Å². The summed E-state index contributed by atoms with van der Waals surface area (Å²) >= 11 is 0. The van der Waals surface area contributed by atoms with E-state index in [1.54, 1.807) is 36.3 Å². The fraction of sp³-hybridized carbons (Fsp3) is 0.591. The Morgan fingerprint density at radius 2 is 1.74 bits per heavy atom. The monoisotopic (exact) mass is 372 g/mol. The lowest BCUT2D eigenvalue weighted by atomic mass is 9.86. The minimum Gasteiger partial charge on any atom is -0.497 e. The first kappa shape index (κ1) is 21.1. The smallest absolute Gasteiger partial charge is 0.415 e. The molecular weight excluding hydrogens is 340 g/mol. The van der Waals surface area contributed by atoms with Gasteiger partial charge in [-0.1, -0.05) is 18.8 Å². The molecule has 0 saturated heterocycles. The van der Waals surface area contributed by atoms with Crippen LogP contribution in [0.5, 0.6) is 11.5 Å². The first-order chi connectivity index (χ1) is 13.0. The Hall–Kier alpha value is -2.19. The van der Waals surface area contributed by atoms with Crippen molar-refractivity contribution in [2.45, 2.75) is 45.1 Å².